The molecule has 82 valence electrons. The monoisotopic (exact) mass is 215 g/mol. The maximum atomic E-state index is 9.62. The van der Waals surface area contributed by atoms with E-state index >= 15 is 0 Å². The summed E-state index contributed by atoms with van der Waals surface area (Å²) >= 11 is 0. The first-order valence-corrected chi connectivity index (χ1v) is 4.98. The molecule has 0 aliphatic carbocycles. The van der Waals surface area contributed by atoms with Crippen LogP contribution in [0.3, 0.4) is 0 Å². The Labute approximate surface area is 93.6 Å². The lowest BCUT2D eigenvalue weighted by Gasteiger charge is -2.02. The van der Waals surface area contributed by atoms with Crippen molar-refractivity contribution in [3.05, 3.63) is 48.3 Å². The number of benzene rings is 1. The predicted molar refractivity (Wildman–Crippen MR) is 63.7 cm³/mol. The van der Waals surface area contributed by atoms with Gasteiger partial charge in [-0.2, -0.15) is 5.10 Å². The van der Waals surface area contributed by atoms with Crippen LogP contribution in [0.15, 0.2) is 42.7 Å². The summed E-state index contributed by atoms with van der Waals surface area (Å²) in [6, 6.07) is 9.49. The third-order valence-corrected chi connectivity index (χ3v) is 2.27. The fourth-order valence-electron chi connectivity index (χ4n) is 1.46. The predicted octanol–water partition coefficient (Wildman–Crippen LogP) is 2.15. The Hall–Kier alpha value is -2.23. The molecule has 1 aromatic carbocycles. The van der Waals surface area contributed by atoms with Gasteiger partial charge in [0.2, 0.25) is 0 Å². The molecule has 0 atom stereocenters. The molecule has 2 rings (SSSR count). The minimum atomic E-state index is 0.221. The average Bonchev–Trinajstić information content (AvgIpc) is 2.83. The van der Waals surface area contributed by atoms with Gasteiger partial charge >= 0.3 is 0 Å². The highest BCUT2D eigenvalue weighted by molar-refractivity contribution is 5.64. The van der Waals surface area contributed by atoms with Crippen LogP contribution in [0.2, 0.25) is 0 Å². The highest BCUT2D eigenvalue weighted by Crippen LogP contribution is 2.19. The van der Waals surface area contributed by atoms with Gasteiger partial charge in [-0.3, -0.25) is 5.10 Å². The summed E-state index contributed by atoms with van der Waals surface area (Å²) in [6.45, 7) is 0. The molecule has 0 saturated carbocycles. The molecule has 0 unspecified atom stereocenters. The summed E-state index contributed by atoms with van der Waals surface area (Å²) in [7, 11) is 1.75. The number of H-pyrrole nitrogens is 1. The number of aliphatic hydroxyl groups is 1. The van der Waals surface area contributed by atoms with Gasteiger partial charge in [-0.1, -0.05) is 24.3 Å². The second-order valence-corrected chi connectivity index (χ2v) is 3.37. The molecule has 0 bridgehead atoms. The Bertz CT molecular complexity index is 471. The van der Waals surface area contributed by atoms with Gasteiger partial charge in [-0.25, -0.2) is 0 Å². The molecule has 0 fully saturated rings. The molecule has 4 heteroatoms. The van der Waals surface area contributed by atoms with Crippen molar-refractivity contribution >= 4 is 5.76 Å². The van der Waals surface area contributed by atoms with E-state index in [1.807, 2.05) is 30.3 Å². The Balaban J connectivity index is 2.26. The van der Waals surface area contributed by atoms with Gasteiger partial charge in [-0.05, 0) is 11.6 Å². The molecular weight excluding hydrogens is 202 g/mol. The van der Waals surface area contributed by atoms with Crippen LogP contribution in [0.25, 0.3) is 17.0 Å². The van der Waals surface area contributed by atoms with Gasteiger partial charge in [0.25, 0.3) is 0 Å². The molecule has 0 radical (unpaired) electrons. The number of aliphatic hydroxyl groups excluding tert-OH is 1. The minimum Gasteiger partial charge on any atom is -0.506 e. The summed E-state index contributed by atoms with van der Waals surface area (Å²) in [6.07, 6.45) is 3.26. The Morgan fingerprint density at radius 1 is 1.31 bits per heavy atom. The molecular formula is C12H13N3O. The number of nitrogens with one attached hydrogen (secondary N) is 2. The van der Waals surface area contributed by atoms with Crippen LogP contribution in [-0.4, -0.2) is 22.4 Å². The lowest BCUT2D eigenvalue weighted by molar-refractivity contribution is 0.508. The van der Waals surface area contributed by atoms with Crippen molar-refractivity contribution in [1.82, 2.24) is 15.5 Å². The van der Waals surface area contributed by atoms with E-state index in [9.17, 15) is 5.11 Å². The first kappa shape index (κ1) is 10.3. The van der Waals surface area contributed by atoms with Gasteiger partial charge in [0.15, 0.2) is 0 Å². The lowest BCUT2D eigenvalue weighted by atomic mass is 10.1. The van der Waals surface area contributed by atoms with Crippen molar-refractivity contribution in [1.29, 1.82) is 0 Å². The Morgan fingerprint density at radius 2 is 2.06 bits per heavy atom. The molecule has 0 aliphatic heterocycles. The zero-order valence-electron chi connectivity index (χ0n) is 8.94. The fourth-order valence-corrected chi connectivity index (χ4v) is 1.46. The fraction of sp³-hybridized carbons (Fsp3) is 0.0833. The molecule has 1 aromatic heterocycles. The number of aromatic amines is 1. The normalized spacial score (nSPS) is 11.4. The van der Waals surface area contributed by atoms with Gasteiger partial charge in [0.1, 0.15) is 5.76 Å². The van der Waals surface area contributed by atoms with Crippen molar-refractivity contribution < 1.29 is 5.11 Å². The second-order valence-electron chi connectivity index (χ2n) is 3.37. The van der Waals surface area contributed by atoms with Crippen molar-refractivity contribution in [2.75, 3.05) is 7.05 Å². The second kappa shape index (κ2) is 4.53. The Morgan fingerprint density at radius 3 is 2.62 bits per heavy atom. The number of hydrogen-bond acceptors (Lipinski definition) is 3. The molecule has 2 aromatic rings. The first-order valence-electron chi connectivity index (χ1n) is 4.98. The number of nitrogens with zero attached hydrogens (tertiary/aromatic N) is 1. The molecule has 0 saturated heterocycles. The van der Waals surface area contributed by atoms with Crippen LogP contribution >= 0.6 is 0 Å². The van der Waals surface area contributed by atoms with Gasteiger partial charge in [0.05, 0.1) is 5.69 Å². The van der Waals surface area contributed by atoms with E-state index in [1.54, 1.807) is 19.4 Å². The Kier molecular flexibility index (Phi) is 2.91. The van der Waals surface area contributed by atoms with Crippen LogP contribution < -0.4 is 5.32 Å². The largest absolute Gasteiger partial charge is 0.506 e. The van der Waals surface area contributed by atoms with Gasteiger partial charge < -0.3 is 10.4 Å². The zero-order valence-corrected chi connectivity index (χ0v) is 8.94. The van der Waals surface area contributed by atoms with Crippen molar-refractivity contribution in [3.8, 4) is 11.3 Å². The quantitative estimate of drug-likeness (QED) is 0.687. The van der Waals surface area contributed by atoms with Crippen LogP contribution in [0, 0.1) is 0 Å². The first-order chi connectivity index (χ1) is 7.81. The highest BCUT2D eigenvalue weighted by Gasteiger charge is 2.01. The van der Waals surface area contributed by atoms with E-state index in [0.29, 0.717) is 0 Å². The summed E-state index contributed by atoms with van der Waals surface area (Å²) in [5.41, 5.74) is 2.78. The molecule has 0 amide bonds. The maximum Gasteiger partial charge on any atom is 0.138 e. The van der Waals surface area contributed by atoms with E-state index in [4.69, 9.17) is 0 Å². The number of hydrogen-bond donors (Lipinski definition) is 3. The van der Waals surface area contributed by atoms with Crippen LogP contribution in [0.4, 0.5) is 0 Å². The summed E-state index contributed by atoms with van der Waals surface area (Å²) in [4.78, 5) is 0. The summed E-state index contributed by atoms with van der Waals surface area (Å²) in [5.74, 6) is 0.221. The van der Waals surface area contributed by atoms with Crippen molar-refractivity contribution in [3.63, 3.8) is 0 Å². The van der Waals surface area contributed by atoms with E-state index in [-0.39, 0.29) is 5.76 Å². The molecule has 0 spiro atoms. The minimum absolute atomic E-state index is 0.221. The topological polar surface area (TPSA) is 60.9 Å². The molecule has 1 heterocycles. The van der Waals surface area contributed by atoms with Crippen molar-refractivity contribution in [2.45, 2.75) is 0 Å². The van der Waals surface area contributed by atoms with Crippen LogP contribution in [0.1, 0.15) is 5.56 Å². The molecule has 0 aliphatic rings. The molecule has 4 nitrogen and oxygen atoms in total. The SMILES string of the molecule is CN/C=C(\O)c1ccc(-c2ccn[nH]2)cc1. The molecule has 16 heavy (non-hydrogen) atoms. The summed E-state index contributed by atoms with van der Waals surface area (Å²) < 4.78 is 0. The van der Waals surface area contributed by atoms with E-state index < -0.39 is 0 Å². The number of aromatic nitrogens is 2. The van der Waals surface area contributed by atoms with Crippen molar-refractivity contribution in [2.24, 2.45) is 0 Å². The smallest absolute Gasteiger partial charge is 0.138 e. The van der Waals surface area contributed by atoms with Gasteiger partial charge in [-0.15, -0.1) is 0 Å². The average molecular weight is 215 g/mol. The summed E-state index contributed by atoms with van der Waals surface area (Å²) in [5, 5.41) is 19.2. The number of rotatable bonds is 3. The third-order valence-electron chi connectivity index (χ3n) is 2.27. The highest BCUT2D eigenvalue weighted by atomic mass is 16.3. The van der Waals surface area contributed by atoms with E-state index in [2.05, 4.69) is 15.5 Å². The standard InChI is InChI=1S/C12H13N3O/c1-13-8-12(16)10-4-2-9(3-5-10)11-6-7-14-15-11/h2-8,13,16H,1H3,(H,14,15)/b12-8-. The molecule has 3 N–H and O–H groups in total. The van der Waals surface area contributed by atoms with Crippen LogP contribution in [0.5, 0.6) is 0 Å². The lowest BCUT2D eigenvalue weighted by Crippen LogP contribution is -1.95. The third kappa shape index (κ3) is 2.06. The van der Waals surface area contributed by atoms with E-state index in [0.717, 1.165) is 16.8 Å². The van der Waals surface area contributed by atoms with Gasteiger partial charge in [0, 0.05) is 25.0 Å². The zero-order chi connectivity index (χ0) is 11.4. The van der Waals surface area contributed by atoms with Crippen LogP contribution in [-0.2, 0) is 0 Å². The maximum absolute atomic E-state index is 9.62. The van der Waals surface area contributed by atoms with E-state index in [1.165, 1.54) is 0 Å².